The highest BCUT2D eigenvalue weighted by molar-refractivity contribution is 5.85. The number of phenols is 1. The Labute approximate surface area is 90.3 Å². The van der Waals surface area contributed by atoms with Gasteiger partial charge in [0.25, 0.3) is 0 Å². The third-order valence-electron chi connectivity index (χ3n) is 1.81. The average molecular weight is 218 g/mol. The van der Waals surface area contributed by atoms with Crippen molar-refractivity contribution in [2.24, 2.45) is 5.73 Å². The van der Waals surface area contributed by atoms with Crippen molar-refractivity contribution in [3.8, 4) is 11.5 Å². The third-order valence-corrected chi connectivity index (χ3v) is 1.81. The second-order valence-corrected chi connectivity index (χ2v) is 2.95. The second-order valence-electron chi connectivity index (χ2n) is 2.95. The summed E-state index contributed by atoms with van der Waals surface area (Å²) >= 11 is 0. The van der Waals surface area contributed by atoms with E-state index in [0.29, 0.717) is 12.4 Å². The maximum Gasteiger partial charge on any atom is 0.161 e. The number of phenolic OH excluding ortho intramolecular Hbond substituents is 1. The average Bonchev–Trinajstić information content (AvgIpc) is 2.08. The van der Waals surface area contributed by atoms with Crippen molar-refractivity contribution in [1.29, 1.82) is 0 Å². The van der Waals surface area contributed by atoms with E-state index in [1.165, 1.54) is 0 Å². The summed E-state index contributed by atoms with van der Waals surface area (Å²) in [4.78, 5) is 0. The van der Waals surface area contributed by atoms with Crippen molar-refractivity contribution in [3.63, 3.8) is 0 Å². The smallest absolute Gasteiger partial charge is 0.161 e. The van der Waals surface area contributed by atoms with Crippen LogP contribution in [-0.2, 0) is 0 Å². The molecule has 0 saturated heterocycles. The van der Waals surface area contributed by atoms with Crippen LogP contribution in [-0.4, -0.2) is 11.7 Å². The molecule has 0 saturated carbocycles. The lowest BCUT2D eigenvalue weighted by molar-refractivity contribution is 0.317. The zero-order valence-corrected chi connectivity index (χ0v) is 9.17. The normalized spacial score (nSPS) is 11.6. The first-order valence-electron chi connectivity index (χ1n) is 4.36. The summed E-state index contributed by atoms with van der Waals surface area (Å²) < 4.78 is 5.22. The zero-order chi connectivity index (χ0) is 9.84. The predicted molar refractivity (Wildman–Crippen MR) is 59.1 cm³/mol. The van der Waals surface area contributed by atoms with Gasteiger partial charge in [0.15, 0.2) is 11.5 Å². The van der Waals surface area contributed by atoms with E-state index >= 15 is 0 Å². The highest BCUT2D eigenvalue weighted by Gasteiger charge is 2.05. The summed E-state index contributed by atoms with van der Waals surface area (Å²) in [6, 6.07) is 5.12. The molecule has 1 rings (SSSR count). The van der Waals surface area contributed by atoms with Gasteiger partial charge in [-0.2, -0.15) is 0 Å². The highest BCUT2D eigenvalue weighted by Crippen LogP contribution is 2.28. The molecular weight excluding hydrogens is 202 g/mol. The van der Waals surface area contributed by atoms with Gasteiger partial charge in [-0.15, -0.1) is 12.4 Å². The molecule has 1 aromatic rings. The molecule has 0 spiro atoms. The highest BCUT2D eigenvalue weighted by atomic mass is 35.5. The van der Waals surface area contributed by atoms with Crippen LogP contribution < -0.4 is 10.5 Å². The predicted octanol–water partition coefficient (Wildman–Crippen LogP) is 2.23. The van der Waals surface area contributed by atoms with E-state index in [4.69, 9.17) is 10.5 Å². The van der Waals surface area contributed by atoms with Crippen LogP contribution in [0.4, 0.5) is 0 Å². The van der Waals surface area contributed by atoms with Crippen LogP contribution in [0.15, 0.2) is 18.2 Å². The standard InChI is InChI=1S/C10H15NO2.ClH/c1-3-13-10-6-8(7(2)11)4-5-9(10)12;/h4-7,12H,3,11H2,1-2H3;1H/t7-;/m1./s1. The van der Waals surface area contributed by atoms with Gasteiger partial charge in [-0.25, -0.2) is 0 Å². The minimum absolute atomic E-state index is 0. The van der Waals surface area contributed by atoms with Crippen LogP contribution >= 0.6 is 12.4 Å². The Hall–Kier alpha value is -0.930. The van der Waals surface area contributed by atoms with Gasteiger partial charge in [0.1, 0.15) is 0 Å². The van der Waals surface area contributed by atoms with Gasteiger partial charge >= 0.3 is 0 Å². The maximum atomic E-state index is 9.38. The minimum Gasteiger partial charge on any atom is -0.504 e. The van der Waals surface area contributed by atoms with E-state index < -0.39 is 0 Å². The van der Waals surface area contributed by atoms with Crippen molar-refractivity contribution < 1.29 is 9.84 Å². The van der Waals surface area contributed by atoms with Gasteiger partial charge in [0, 0.05) is 6.04 Å². The number of halogens is 1. The quantitative estimate of drug-likeness (QED) is 0.817. The summed E-state index contributed by atoms with van der Waals surface area (Å²) in [5.41, 5.74) is 6.65. The minimum atomic E-state index is -0.0418. The van der Waals surface area contributed by atoms with Crippen molar-refractivity contribution in [1.82, 2.24) is 0 Å². The molecular formula is C10H16ClNO2. The van der Waals surface area contributed by atoms with Crippen molar-refractivity contribution in [2.75, 3.05) is 6.61 Å². The molecule has 4 heteroatoms. The Morgan fingerprint density at radius 3 is 2.64 bits per heavy atom. The van der Waals surface area contributed by atoms with Crippen molar-refractivity contribution >= 4 is 12.4 Å². The SMILES string of the molecule is CCOc1cc([C@@H](C)N)ccc1O.Cl. The number of hydrogen-bond donors (Lipinski definition) is 2. The third kappa shape index (κ3) is 3.09. The molecule has 14 heavy (non-hydrogen) atoms. The number of nitrogens with two attached hydrogens (primary N) is 1. The molecule has 0 aromatic heterocycles. The topological polar surface area (TPSA) is 55.5 Å². The molecule has 0 fully saturated rings. The molecule has 0 bridgehead atoms. The second kappa shape index (κ2) is 5.73. The van der Waals surface area contributed by atoms with Crippen molar-refractivity contribution in [3.05, 3.63) is 23.8 Å². The lowest BCUT2D eigenvalue weighted by Crippen LogP contribution is -2.05. The molecule has 0 amide bonds. The maximum absolute atomic E-state index is 9.38. The summed E-state index contributed by atoms with van der Waals surface area (Å²) in [5.74, 6) is 0.656. The van der Waals surface area contributed by atoms with E-state index in [0.717, 1.165) is 5.56 Å². The fourth-order valence-electron chi connectivity index (χ4n) is 1.09. The first-order chi connectivity index (χ1) is 6.15. The van der Waals surface area contributed by atoms with Crippen LogP contribution in [0.5, 0.6) is 11.5 Å². The molecule has 1 aromatic carbocycles. The molecule has 0 aliphatic rings. The molecule has 0 heterocycles. The van der Waals surface area contributed by atoms with E-state index in [-0.39, 0.29) is 24.2 Å². The Morgan fingerprint density at radius 2 is 2.14 bits per heavy atom. The van der Waals surface area contributed by atoms with Crippen LogP contribution in [0.25, 0.3) is 0 Å². The van der Waals surface area contributed by atoms with Gasteiger partial charge in [0.05, 0.1) is 6.61 Å². The first-order valence-corrected chi connectivity index (χ1v) is 4.36. The van der Waals surface area contributed by atoms with E-state index in [1.807, 2.05) is 13.8 Å². The van der Waals surface area contributed by atoms with Gasteiger partial charge in [-0.3, -0.25) is 0 Å². The summed E-state index contributed by atoms with van der Waals surface area (Å²) in [5, 5.41) is 9.38. The first kappa shape index (κ1) is 13.1. The Balaban J connectivity index is 0.00000169. The molecule has 3 N–H and O–H groups in total. The van der Waals surface area contributed by atoms with Gasteiger partial charge < -0.3 is 15.6 Å². The fourth-order valence-corrected chi connectivity index (χ4v) is 1.09. The van der Waals surface area contributed by atoms with Gasteiger partial charge in [-0.1, -0.05) is 6.07 Å². The number of hydrogen-bond acceptors (Lipinski definition) is 3. The molecule has 0 unspecified atom stereocenters. The van der Waals surface area contributed by atoms with Crippen LogP contribution in [0.3, 0.4) is 0 Å². The van der Waals surface area contributed by atoms with Gasteiger partial charge in [0.2, 0.25) is 0 Å². The van der Waals surface area contributed by atoms with Gasteiger partial charge in [-0.05, 0) is 31.5 Å². The van der Waals surface area contributed by atoms with Crippen molar-refractivity contribution in [2.45, 2.75) is 19.9 Å². The molecule has 0 aliphatic heterocycles. The zero-order valence-electron chi connectivity index (χ0n) is 8.36. The van der Waals surface area contributed by atoms with E-state index in [2.05, 4.69) is 0 Å². The number of ether oxygens (including phenoxy) is 1. The number of aromatic hydroxyl groups is 1. The largest absolute Gasteiger partial charge is 0.504 e. The van der Waals surface area contributed by atoms with Crippen LogP contribution in [0.2, 0.25) is 0 Å². The van der Waals surface area contributed by atoms with E-state index in [1.54, 1.807) is 18.2 Å². The Morgan fingerprint density at radius 1 is 1.50 bits per heavy atom. The summed E-state index contributed by atoms with van der Waals surface area (Å²) in [7, 11) is 0. The number of rotatable bonds is 3. The van der Waals surface area contributed by atoms with E-state index in [9.17, 15) is 5.11 Å². The molecule has 3 nitrogen and oxygen atoms in total. The lowest BCUT2D eigenvalue weighted by atomic mass is 10.1. The molecule has 80 valence electrons. The fraction of sp³-hybridized carbons (Fsp3) is 0.400. The molecule has 0 aliphatic carbocycles. The molecule has 1 atom stereocenters. The monoisotopic (exact) mass is 217 g/mol. The summed E-state index contributed by atoms with van der Waals surface area (Å²) in [6.07, 6.45) is 0. The Kier molecular flexibility index (Phi) is 5.35. The van der Waals surface area contributed by atoms with Crippen LogP contribution in [0, 0.1) is 0 Å². The molecule has 0 radical (unpaired) electrons. The Bertz CT molecular complexity index is 289. The number of benzene rings is 1. The van der Waals surface area contributed by atoms with Crippen LogP contribution in [0.1, 0.15) is 25.5 Å². The lowest BCUT2D eigenvalue weighted by Gasteiger charge is -2.10. The summed E-state index contributed by atoms with van der Waals surface area (Å²) in [6.45, 7) is 4.30.